The first-order chi connectivity index (χ1) is 9.76. The molecular formula is C14H17ClN4O2. The van der Waals surface area contributed by atoms with E-state index in [4.69, 9.17) is 11.6 Å². The highest BCUT2D eigenvalue weighted by molar-refractivity contribution is 6.31. The van der Waals surface area contributed by atoms with Crippen LogP contribution in [0.2, 0.25) is 5.02 Å². The van der Waals surface area contributed by atoms with E-state index >= 15 is 0 Å². The third kappa shape index (κ3) is 2.85. The summed E-state index contributed by atoms with van der Waals surface area (Å²) in [5.41, 5.74) is 1.12. The molecule has 0 unspecified atom stereocenters. The Hall–Kier alpha value is -2.08. The molecule has 0 radical (unpaired) electrons. The van der Waals surface area contributed by atoms with Gasteiger partial charge in [-0.2, -0.15) is 5.10 Å². The Morgan fingerprint density at radius 2 is 2.05 bits per heavy atom. The maximum atomic E-state index is 12.1. The van der Waals surface area contributed by atoms with Crippen molar-refractivity contribution in [1.82, 2.24) is 10.3 Å². The molecule has 0 aromatic heterocycles. The number of rotatable bonds is 3. The fraction of sp³-hybridized carbons (Fsp3) is 0.357. The van der Waals surface area contributed by atoms with E-state index in [2.05, 4.69) is 15.7 Å². The molecule has 1 aromatic rings. The Kier molecular flexibility index (Phi) is 3.91. The minimum atomic E-state index is -0.943. The van der Waals surface area contributed by atoms with Crippen molar-refractivity contribution in [1.29, 1.82) is 0 Å². The van der Waals surface area contributed by atoms with Crippen LogP contribution in [-0.4, -0.2) is 35.2 Å². The molecule has 0 spiro atoms. The average Bonchev–Trinajstić information content (AvgIpc) is 2.60. The molecule has 0 bridgehead atoms. The summed E-state index contributed by atoms with van der Waals surface area (Å²) >= 11 is 5.99. The highest BCUT2D eigenvalue weighted by Gasteiger charge is 2.44. The van der Waals surface area contributed by atoms with E-state index in [-0.39, 0.29) is 5.91 Å². The molecule has 0 atom stereocenters. The average molecular weight is 309 g/mol. The van der Waals surface area contributed by atoms with E-state index in [1.807, 2.05) is 6.07 Å². The second-order valence-electron chi connectivity index (χ2n) is 5.30. The highest BCUT2D eigenvalue weighted by Crippen LogP contribution is 2.23. The zero-order valence-corrected chi connectivity index (χ0v) is 13.1. The lowest BCUT2D eigenvalue weighted by Crippen LogP contribution is -2.39. The zero-order valence-electron chi connectivity index (χ0n) is 12.3. The molecule has 6 nitrogen and oxygen atoms in total. The molecule has 2 N–H and O–H groups in total. The van der Waals surface area contributed by atoms with Gasteiger partial charge in [-0.25, -0.2) is 4.79 Å². The van der Waals surface area contributed by atoms with Gasteiger partial charge in [-0.3, -0.25) is 4.79 Å². The minimum absolute atomic E-state index is 0.389. The number of hydrazone groups is 1. The van der Waals surface area contributed by atoms with Crippen LogP contribution >= 0.6 is 11.6 Å². The molecule has 1 saturated heterocycles. The van der Waals surface area contributed by atoms with E-state index < -0.39 is 11.6 Å². The molecule has 21 heavy (non-hydrogen) atoms. The topological polar surface area (TPSA) is 73.8 Å². The van der Waals surface area contributed by atoms with Gasteiger partial charge in [0, 0.05) is 23.3 Å². The largest absolute Gasteiger partial charge is 0.388 e. The maximum Gasteiger partial charge on any atom is 0.346 e. The Balaban J connectivity index is 2.40. The number of carbonyl (C=O) groups is 2. The van der Waals surface area contributed by atoms with Crippen molar-refractivity contribution in [2.75, 3.05) is 12.4 Å². The first kappa shape index (κ1) is 15.3. The highest BCUT2D eigenvalue weighted by atomic mass is 35.5. The summed E-state index contributed by atoms with van der Waals surface area (Å²) in [5, 5.41) is 11.2. The lowest BCUT2D eigenvalue weighted by molar-refractivity contribution is -0.130. The molecule has 0 saturated carbocycles. The molecule has 1 fully saturated rings. The van der Waals surface area contributed by atoms with E-state index in [0.29, 0.717) is 10.7 Å². The van der Waals surface area contributed by atoms with Crippen LogP contribution in [0, 0.1) is 0 Å². The lowest BCUT2D eigenvalue weighted by Gasteiger charge is -2.14. The van der Waals surface area contributed by atoms with E-state index in [1.54, 1.807) is 40.0 Å². The number of anilines is 1. The first-order valence-electron chi connectivity index (χ1n) is 6.46. The summed E-state index contributed by atoms with van der Waals surface area (Å²) < 4.78 is 0. The van der Waals surface area contributed by atoms with Gasteiger partial charge in [-0.05, 0) is 39.0 Å². The molecule has 1 aliphatic heterocycles. The van der Waals surface area contributed by atoms with Gasteiger partial charge < -0.3 is 10.6 Å². The molecule has 112 valence electrons. The van der Waals surface area contributed by atoms with Crippen LogP contribution in [0.15, 0.2) is 23.3 Å². The summed E-state index contributed by atoms with van der Waals surface area (Å²) in [7, 11) is 1.77. The number of urea groups is 1. The molecule has 3 amide bonds. The van der Waals surface area contributed by atoms with Crippen molar-refractivity contribution >= 4 is 34.9 Å². The van der Waals surface area contributed by atoms with Gasteiger partial charge in [0.2, 0.25) is 0 Å². The van der Waals surface area contributed by atoms with Crippen LogP contribution in [0.5, 0.6) is 0 Å². The van der Waals surface area contributed by atoms with Crippen LogP contribution < -0.4 is 10.6 Å². The first-order valence-corrected chi connectivity index (χ1v) is 6.83. The third-order valence-corrected chi connectivity index (χ3v) is 3.46. The normalized spacial score (nSPS) is 18.0. The van der Waals surface area contributed by atoms with Gasteiger partial charge in [0.15, 0.2) is 0 Å². The van der Waals surface area contributed by atoms with Gasteiger partial charge in [-0.1, -0.05) is 11.6 Å². The van der Waals surface area contributed by atoms with Gasteiger partial charge in [0.05, 0.1) is 5.71 Å². The molecule has 7 heteroatoms. The third-order valence-electron chi connectivity index (χ3n) is 3.23. The number of benzene rings is 1. The smallest absolute Gasteiger partial charge is 0.346 e. The standard InChI is InChI=1S/C14H17ClN4O2/c1-8(10-7-9(15)5-6-11(10)16-4)18-19-12(20)14(2,3)17-13(19)21/h5-7,16H,1-4H3,(H,17,21)/b18-8-. The zero-order chi connectivity index (χ0) is 15.8. The monoisotopic (exact) mass is 308 g/mol. The predicted octanol–water partition coefficient (Wildman–Crippen LogP) is 2.44. The van der Waals surface area contributed by atoms with Gasteiger partial charge >= 0.3 is 6.03 Å². The lowest BCUT2D eigenvalue weighted by atomic mass is 10.1. The van der Waals surface area contributed by atoms with Crippen LogP contribution in [0.1, 0.15) is 26.3 Å². The summed E-state index contributed by atoms with van der Waals surface area (Å²) in [6, 6.07) is 4.76. The van der Waals surface area contributed by atoms with Crippen molar-refractivity contribution in [3.63, 3.8) is 0 Å². The molecule has 1 aromatic carbocycles. The second-order valence-corrected chi connectivity index (χ2v) is 5.73. The maximum absolute atomic E-state index is 12.1. The van der Waals surface area contributed by atoms with Crippen molar-refractivity contribution in [2.45, 2.75) is 26.3 Å². The van der Waals surface area contributed by atoms with Crippen LogP contribution in [0.4, 0.5) is 10.5 Å². The molecular weight excluding hydrogens is 292 g/mol. The minimum Gasteiger partial charge on any atom is -0.388 e. The van der Waals surface area contributed by atoms with Crippen LogP contribution in [0.3, 0.4) is 0 Å². The van der Waals surface area contributed by atoms with Crippen LogP contribution in [-0.2, 0) is 4.79 Å². The Morgan fingerprint density at radius 1 is 1.38 bits per heavy atom. The number of nitrogens with one attached hydrogen (secondary N) is 2. The number of carbonyl (C=O) groups excluding carboxylic acids is 2. The van der Waals surface area contributed by atoms with Crippen molar-refractivity contribution in [2.24, 2.45) is 5.10 Å². The number of nitrogens with zero attached hydrogens (tertiary/aromatic N) is 2. The molecule has 0 aliphatic carbocycles. The molecule has 2 rings (SSSR count). The number of amides is 3. The van der Waals surface area contributed by atoms with Gasteiger partial charge in [0.25, 0.3) is 5.91 Å². The Bertz CT molecular complexity index is 640. The van der Waals surface area contributed by atoms with E-state index in [0.717, 1.165) is 16.3 Å². The predicted molar refractivity (Wildman–Crippen MR) is 82.7 cm³/mol. The number of hydrogen-bond acceptors (Lipinski definition) is 4. The van der Waals surface area contributed by atoms with E-state index in [1.165, 1.54) is 0 Å². The Morgan fingerprint density at radius 3 is 2.57 bits per heavy atom. The quantitative estimate of drug-likeness (QED) is 0.665. The van der Waals surface area contributed by atoms with Crippen molar-refractivity contribution < 1.29 is 9.59 Å². The fourth-order valence-corrected chi connectivity index (χ4v) is 2.23. The SMILES string of the molecule is CNc1ccc(Cl)cc1/C(C)=N\N1C(=O)NC(C)(C)C1=O. The second kappa shape index (κ2) is 5.37. The molecule has 1 aliphatic rings. The summed E-state index contributed by atoms with van der Waals surface area (Å²) in [5.74, 6) is -0.389. The molecule has 1 heterocycles. The number of hydrogen-bond donors (Lipinski definition) is 2. The van der Waals surface area contributed by atoms with Gasteiger partial charge in [-0.15, -0.1) is 5.01 Å². The number of halogens is 1. The summed E-state index contributed by atoms with van der Waals surface area (Å²) in [4.78, 5) is 24.0. The summed E-state index contributed by atoms with van der Waals surface area (Å²) in [6.45, 7) is 4.99. The van der Waals surface area contributed by atoms with Crippen molar-refractivity contribution in [3.8, 4) is 0 Å². The fourth-order valence-electron chi connectivity index (χ4n) is 2.06. The van der Waals surface area contributed by atoms with Crippen LogP contribution in [0.25, 0.3) is 0 Å². The van der Waals surface area contributed by atoms with E-state index in [9.17, 15) is 9.59 Å². The van der Waals surface area contributed by atoms with Crippen molar-refractivity contribution in [3.05, 3.63) is 28.8 Å². The Labute approximate surface area is 128 Å². The van der Waals surface area contributed by atoms with Gasteiger partial charge in [0.1, 0.15) is 5.54 Å². The number of imide groups is 1. The summed E-state index contributed by atoms with van der Waals surface area (Å²) in [6.07, 6.45) is 0.